The molecule has 154 valence electrons. The zero-order chi connectivity index (χ0) is 20.8. The Morgan fingerprint density at radius 1 is 1.28 bits per heavy atom. The molecule has 2 aromatic rings. The molecule has 0 aliphatic carbocycles. The SMILES string of the molecule is COc1cc([C@H]2[C@H]3O[C@H](C[C@@H]3O)[C@@H]2C(=O)Nc2ccc(C(F)(F)F)cc2)ccn1. The van der Waals surface area contributed by atoms with Crippen LogP contribution in [0.25, 0.3) is 0 Å². The number of nitrogens with one attached hydrogen (secondary N) is 1. The zero-order valence-corrected chi connectivity index (χ0v) is 15.4. The first-order valence-electron chi connectivity index (χ1n) is 9.09. The number of methoxy groups -OCH3 is 1. The van der Waals surface area contributed by atoms with Gasteiger partial charge in [-0.15, -0.1) is 0 Å². The third-order valence-electron chi connectivity index (χ3n) is 5.46. The predicted octanol–water partition coefficient (Wildman–Crippen LogP) is 2.98. The van der Waals surface area contributed by atoms with Crippen molar-refractivity contribution in [2.24, 2.45) is 5.92 Å². The van der Waals surface area contributed by atoms with Crippen LogP contribution in [0.15, 0.2) is 42.6 Å². The Bertz CT molecular complexity index is 903. The number of anilines is 1. The highest BCUT2D eigenvalue weighted by Gasteiger charge is 2.57. The molecule has 2 fully saturated rings. The number of rotatable bonds is 4. The quantitative estimate of drug-likeness (QED) is 0.813. The van der Waals surface area contributed by atoms with Gasteiger partial charge in [0.15, 0.2) is 0 Å². The van der Waals surface area contributed by atoms with E-state index in [4.69, 9.17) is 9.47 Å². The second-order valence-electron chi connectivity index (χ2n) is 7.19. The van der Waals surface area contributed by atoms with E-state index in [0.29, 0.717) is 12.3 Å². The van der Waals surface area contributed by atoms with E-state index in [0.717, 1.165) is 17.7 Å². The molecular weight excluding hydrogens is 389 g/mol. The van der Waals surface area contributed by atoms with Gasteiger partial charge in [-0.25, -0.2) is 4.98 Å². The summed E-state index contributed by atoms with van der Waals surface area (Å²) in [6.45, 7) is 0. The molecule has 0 saturated carbocycles. The minimum atomic E-state index is -4.44. The van der Waals surface area contributed by atoms with Gasteiger partial charge < -0.3 is 19.9 Å². The second kappa shape index (κ2) is 7.31. The van der Waals surface area contributed by atoms with E-state index in [2.05, 4.69) is 10.3 Å². The van der Waals surface area contributed by atoms with Gasteiger partial charge in [0, 0.05) is 30.3 Å². The van der Waals surface area contributed by atoms with Crippen LogP contribution in [0.5, 0.6) is 5.88 Å². The molecule has 5 atom stereocenters. The van der Waals surface area contributed by atoms with Crippen molar-refractivity contribution in [1.82, 2.24) is 4.98 Å². The van der Waals surface area contributed by atoms with Crippen LogP contribution in [-0.4, -0.2) is 41.4 Å². The third kappa shape index (κ3) is 3.67. The summed E-state index contributed by atoms with van der Waals surface area (Å²) < 4.78 is 49.2. The lowest BCUT2D eigenvalue weighted by molar-refractivity contribution is -0.137. The highest BCUT2D eigenvalue weighted by Crippen LogP contribution is 2.49. The summed E-state index contributed by atoms with van der Waals surface area (Å²) in [5.74, 6) is -1.01. The number of fused-ring (bicyclic) bond motifs is 2. The van der Waals surface area contributed by atoms with Crippen LogP contribution >= 0.6 is 0 Å². The van der Waals surface area contributed by atoms with Crippen molar-refractivity contribution in [3.63, 3.8) is 0 Å². The van der Waals surface area contributed by atoms with Gasteiger partial charge in [-0.05, 0) is 35.9 Å². The molecule has 4 rings (SSSR count). The number of aromatic nitrogens is 1. The lowest BCUT2D eigenvalue weighted by atomic mass is 9.74. The highest BCUT2D eigenvalue weighted by molar-refractivity contribution is 5.94. The molecule has 2 aliphatic heterocycles. The molecule has 3 heterocycles. The van der Waals surface area contributed by atoms with Gasteiger partial charge in [0.1, 0.15) is 0 Å². The molecule has 0 radical (unpaired) electrons. The fourth-order valence-corrected chi connectivity index (χ4v) is 4.15. The number of aliphatic hydroxyl groups is 1. The van der Waals surface area contributed by atoms with E-state index < -0.39 is 41.9 Å². The summed E-state index contributed by atoms with van der Waals surface area (Å²) in [5, 5.41) is 12.9. The molecule has 0 spiro atoms. The molecule has 29 heavy (non-hydrogen) atoms. The summed E-state index contributed by atoms with van der Waals surface area (Å²) in [6, 6.07) is 7.70. The average molecular weight is 408 g/mol. The van der Waals surface area contributed by atoms with Gasteiger partial charge in [0.05, 0.1) is 36.9 Å². The number of aliphatic hydroxyl groups excluding tert-OH is 1. The predicted molar refractivity (Wildman–Crippen MR) is 96.4 cm³/mol. The van der Waals surface area contributed by atoms with Gasteiger partial charge in [0.25, 0.3) is 0 Å². The van der Waals surface area contributed by atoms with Gasteiger partial charge in [-0.3, -0.25) is 4.79 Å². The summed E-state index contributed by atoms with van der Waals surface area (Å²) in [4.78, 5) is 17.0. The molecular formula is C20H19F3N2O4. The van der Waals surface area contributed by atoms with Gasteiger partial charge in [-0.1, -0.05) is 0 Å². The van der Waals surface area contributed by atoms with Crippen LogP contribution in [-0.2, 0) is 15.7 Å². The van der Waals surface area contributed by atoms with Crippen molar-refractivity contribution in [3.05, 3.63) is 53.7 Å². The molecule has 2 aliphatic rings. The molecule has 1 aromatic heterocycles. The Hall–Kier alpha value is -2.65. The van der Waals surface area contributed by atoms with Crippen molar-refractivity contribution in [1.29, 1.82) is 0 Å². The maximum absolute atomic E-state index is 13.0. The summed E-state index contributed by atoms with van der Waals surface area (Å²) in [6.07, 6.45) is -4.28. The fourth-order valence-electron chi connectivity index (χ4n) is 4.15. The maximum atomic E-state index is 13.0. The number of ether oxygens (including phenoxy) is 2. The molecule has 2 saturated heterocycles. The van der Waals surface area contributed by atoms with E-state index in [-0.39, 0.29) is 11.6 Å². The number of nitrogens with zero attached hydrogens (tertiary/aromatic N) is 1. The molecule has 1 aromatic carbocycles. The Balaban J connectivity index is 1.57. The lowest BCUT2D eigenvalue weighted by Crippen LogP contribution is -2.41. The number of halogens is 3. The first-order valence-corrected chi connectivity index (χ1v) is 9.09. The monoisotopic (exact) mass is 408 g/mol. The molecule has 9 heteroatoms. The zero-order valence-electron chi connectivity index (χ0n) is 15.4. The number of amides is 1. The van der Waals surface area contributed by atoms with E-state index in [1.807, 2.05) is 0 Å². The van der Waals surface area contributed by atoms with Crippen molar-refractivity contribution in [3.8, 4) is 5.88 Å². The fraction of sp³-hybridized carbons (Fsp3) is 0.400. The van der Waals surface area contributed by atoms with Gasteiger partial charge in [0.2, 0.25) is 11.8 Å². The van der Waals surface area contributed by atoms with E-state index in [9.17, 15) is 23.1 Å². The number of alkyl halides is 3. The Labute approximate surface area is 164 Å². The second-order valence-corrected chi connectivity index (χ2v) is 7.19. The summed E-state index contributed by atoms with van der Waals surface area (Å²) in [5.41, 5.74) is 0.219. The first-order chi connectivity index (χ1) is 13.8. The van der Waals surface area contributed by atoms with Crippen molar-refractivity contribution in [2.75, 3.05) is 12.4 Å². The number of carbonyl (C=O) groups is 1. The summed E-state index contributed by atoms with van der Waals surface area (Å²) >= 11 is 0. The minimum Gasteiger partial charge on any atom is -0.481 e. The van der Waals surface area contributed by atoms with Crippen molar-refractivity contribution < 1.29 is 32.5 Å². The van der Waals surface area contributed by atoms with E-state index >= 15 is 0 Å². The normalized spacial score (nSPS) is 28.4. The van der Waals surface area contributed by atoms with Crippen molar-refractivity contribution in [2.45, 2.75) is 36.8 Å². The Kier molecular flexibility index (Phi) is 4.95. The topological polar surface area (TPSA) is 80.7 Å². The van der Waals surface area contributed by atoms with Gasteiger partial charge in [-0.2, -0.15) is 13.2 Å². The largest absolute Gasteiger partial charge is 0.481 e. The lowest BCUT2D eigenvalue weighted by Gasteiger charge is -2.30. The molecule has 0 unspecified atom stereocenters. The number of hydrogen-bond donors (Lipinski definition) is 2. The molecule has 6 nitrogen and oxygen atoms in total. The Morgan fingerprint density at radius 3 is 2.66 bits per heavy atom. The smallest absolute Gasteiger partial charge is 0.416 e. The molecule has 1 amide bonds. The van der Waals surface area contributed by atoms with Crippen LogP contribution in [0.2, 0.25) is 0 Å². The molecule has 2 bridgehead atoms. The standard InChI is InChI=1S/C20H19F3N2O4/c1-28-15-8-10(6-7-24-15)16-17(14-9-13(26)18(16)29-14)19(27)25-12-4-2-11(3-5-12)20(21,22)23/h2-8,13-14,16-18,26H,9H2,1H3,(H,25,27)/t13-,14+,16+,17-,18-/m0/s1. The van der Waals surface area contributed by atoms with E-state index in [1.165, 1.54) is 19.2 Å². The van der Waals surface area contributed by atoms with Crippen LogP contribution in [0, 0.1) is 5.92 Å². The van der Waals surface area contributed by atoms with Crippen molar-refractivity contribution >= 4 is 11.6 Å². The van der Waals surface area contributed by atoms with E-state index in [1.54, 1.807) is 18.3 Å². The Morgan fingerprint density at radius 2 is 2.00 bits per heavy atom. The minimum absolute atomic E-state index is 0.261. The average Bonchev–Trinajstić information content (AvgIpc) is 3.24. The highest BCUT2D eigenvalue weighted by atomic mass is 19.4. The van der Waals surface area contributed by atoms with Crippen LogP contribution in [0.1, 0.15) is 23.5 Å². The first kappa shape index (κ1) is 19.7. The number of carbonyl (C=O) groups excluding carboxylic acids is 1. The van der Waals surface area contributed by atoms with Crippen LogP contribution < -0.4 is 10.1 Å². The number of benzene rings is 1. The molecule has 2 N–H and O–H groups in total. The van der Waals surface area contributed by atoms with Gasteiger partial charge >= 0.3 is 6.18 Å². The summed E-state index contributed by atoms with van der Waals surface area (Å²) in [7, 11) is 1.48. The third-order valence-corrected chi connectivity index (χ3v) is 5.46. The maximum Gasteiger partial charge on any atom is 0.416 e. The van der Waals surface area contributed by atoms with Crippen LogP contribution in [0.3, 0.4) is 0 Å². The number of hydrogen-bond acceptors (Lipinski definition) is 5. The number of pyridine rings is 1. The van der Waals surface area contributed by atoms with Crippen LogP contribution in [0.4, 0.5) is 18.9 Å².